The van der Waals surface area contributed by atoms with Gasteiger partial charge in [-0.25, -0.2) is 18.0 Å². The van der Waals surface area contributed by atoms with Crippen LogP contribution in [-0.2, 0) is 0 Å². The van der Waals surface area contributed by atoms with Gasteiger partial charge in [-0.2, -0.15) is 0 Å². The van der Waals surface area contributed by atoms with Gasteiger partial charge < -0.3 is 20.1 Å². The van der Waals surface area contributed by atoms with Gasteiger partial charge in [-0.3, -0.25) is 14.7 Å². The molecular formula is C22H15F3N4O4. The Bertz CT molecular complexity index is 1300. The summed E-state index contributed by atoms with van der Waals surface area (Å²) in [6.07, 6.45) is 0.834. The first-order valence-corrected chi connectivity index (χ1v) is 9.76. The van der Waals surface area contributed by atoms with Gasteiger partial charge in [0, 0.05) is 37.0 Å². The molecule has 3 amide bonds. The number of nitrogens with one attached hydrogen (secondary N) is 2. The van der Waals surface area contributed by atoms with Crippen LogP contribution in [0.4, 0.5) is 23.7 Å². The van der Waals surface area contributed by atoms with Crippen LogP contribution in [0.3, 0.4) is 0 Å². The molecule has 2 N–H and O–H groups in total. The Balaban J connectivity index is 1.31. The Labute approximate surface area is 184 Å². The summed E-state index contributed by atoms with van der Waals surface area (Å²) in [6.45, 7) is 0. The standard InChI is InChI=1S/C22H15F3N4O4/c1-26-20(30)17-7-11(4-5-27-17)32-10-2-3-18-12(6-10)19-21(33-18)29(19)22(31)28-16-9-14(24)13(23)8-15(16)25/h2-9,19,21H,1H3,(H,26,30)(H,28,31)/t19-,21?,29?/m1/s1. The highest BCUT2D eigenvalue weighted by Crippen LogP contribution is 2.54. The maximum absolute atomic E-state index is 13.8. The predicted octanol–water partition coefficient (Wildman–Crippen LogP) is 3.96. The molecule has 1 fully saturated rings. The summed E-state index contributed by atoms with van der Waals surface area (Å²) in [4.78, 5) is 29.6. The van der Waals surface area contributed by atoms with Crippen LogP contribution in [0.25, 0.3) is 0 Å². The number of nitrogens with zero attached hydrogens (tertiary/aromatic N) is 2. The number of hydrogen-bond acceptors (Lipinski definition) is 5. The first kappa shape index (κ1) is 20.6. The van der Waals surface area contributed by atoms with Gasteiger partial charge in [-0.15, -0.1) is 0 Å². The van der Waals surface area contributed by atoms with Crippen molar-refractivity contribution in [2.45, 2.75) is 12.3 Å². The van der Waals surface area contributed by atoms with Crippen molar-refractivity contribution in [3.05, 3.63) is 77.4 Å². The number of pyridine rings is 1. The molecule has 0 spiro atoms. The monoisotopic (exact) mass is 456 g/mol. The van der Waals surface area contributed by atoms with Crippen LogP contribution in [0.2, 0.25) is 0 Å². The summed E-state index contributed by atoms with van der Waals surface area (Å²) in [7, 11) is 1.49. The van der Waals surface area contributed by atoms with Gasteiger partial charge >= 0.3 is 6.03 Å². The number of amides is 3. The van der Waals surface area contributed by atoms with E-state index in [1.54, 1.807) is 24.3 Å². The molecule has 1 aromatic heterocycles. The van der Waals surface area contributed by atoms with E-state index < -0.39 is 41.4 Å². The normalized spacial score (nSPS) is 17.5. The van der Waals surface area contributed by atoms with Gasteiger partial charge in [0.2, 0.25) is 6.23 Å². The molecule has 8 nitrogen and oxygen atoms in total. The van der Waals surface area contributed by atoms with E-state index in [1.165, 1.54) is 24.2 Å². The first-order valence-electron chi connectivity index (χ1n) is 9.76. The Hall–Kier alpha value is -4.28. The number of anilines is 1. The molecule has 0 saturated carbocycles. The molecule has 2 aliphatic heterocycles. The second kappa shape index (κ2) is 7.69. The average molecular weight is 456 g/mol. The summed E-state index contributed by atoms with van der Waals surface area (Å²) in [5.41, 5.74) is 0.374. The number of benzene rings is 2. The van der Waals surface area contributed by atoms with Crippen LogP contribution < -0.4 is 20.1 Å². The van der Waals surface area contributed by atoms with E-state index in [0.717, 1.165) is 0 Å². The number of halogens is 3. The number of rotatable bonds is 4. The van der Waals surface area contributed by atoms with E-state index >= 15 is 0 Å². The van der Waals surface area contributed by atoms with Gasteiger partial charge in [-0.1, -0.05) is 0 Å². The lowest BCUT2D eigenvalue weighted by Gasteiger charge is -2.14. The number of carbonyl (C=O) groups excluding carboxylic acids is 2. The van der Waals surface area contributed by atoms with Gasteiger partial charge in [0.05, 0.1) is 5.69 Å². The first-order chi connectivity index (χ1) is 15.9. The molecule has 168 valence electrons. The van der Waals surface area contributed by atoms with Gasteiger partial charge in [0.1, 0.15) is 34.8 Å². The lowest BCUT2D eigenvalue weighted by molar-refractivity contribution is 0.0957. The van der Waals surface area contributed by atoms with Crippen LogP contribution >= 0.6 is 0 Å². The van der Waals surface area contributed by atoms with Crippen LogP contribution in [0.15, 0.2) is 48.7 Å². The molecule has 1 saturated heterocycles. The molecule has 33 heavy (non-hydrogen) atoms. The second-order valence-electron chi connectivity index (χ2n) is 7.29. The summed E-state index contributed by atoms with van der Waals surface area (Å²) in [6, 6.07) is 7.87. The fraction of sp³-hybridized carbons (Fsp3) is 0.136. The number of ether oxygens (including phenoxy) is 2. The van der Waals surface area contributed by atoms with Crippen LogP contribution in [0.5, 0.6) is 17.2 Å². The maximum atomic E-state index is 13.8. The molecule has 3 heterocycles. The summed E-state index contributed by atoms with van der Waals surface area (Å²) >= 11 is 0. The SMILES string of the molecule is CNC(=O)c1cc(Oc2ccc3c(c2)[C@@H]2C(O3)N2C(=O)Nc2cc(F)c(F)cc2F)ccn1. The maximum Gasteiger partial charge on any atom is 0.325 e. The van der Waals surface area contributed by atoms with Crippen molar-refractivity contribution in [2.75, 3.05) is 12.4 Å². The van der Waals surface area contributed by atoms with Crippen molar-refractivity contribution in [3.63, 3.8) is 0 Å². The van der Waals surface area contributed by atoms with E-state index in [4.69, 9.17) is 9.47 Å². The quantitative estimate of drug-likeness (QED) is 0.458. The summed E-state index contributed by atoms with van der Waals surface area (Å²) in [5, 5.41) is 4.71. The Morgan fingerprint density at radius 1 is 1.03 bits per heavy atom. The van der Waals surface area contributed by atoms with Gasteiger partial charge in [-0.05, 0) is 24.3 Å². The van der Waals surface area contributed by atoms with Gasteiger partial charge in [0.15, 0.2) is 11.6 Å². The van der Waals surface area contributed by atoms with Crippen LogP contribution in [0.1, 0.15) is 22.1 Å². The van der Waals surface area contributed by atoms with Crippen LogP contribution in [0, 0.1) is 17.5 Å². The highest BCUT2D eigenvalue weighted by Gasteiger charge is 2.60. The zero-order chi connectivity index (χ0) is 23.3. The minimum absolute atomic E-state index is 0.189. The topological polar surface area (TPSA) is 92.6 Å². The third-order valence-electron chi connectivity index (χ3n) is 5.21. The van der Waals surface area contributed by atoms with Crippen LogP contribution in [-0.4, -0.2) is 35.1 Å². The summed E-state index contributed by atoms with van der Waals surface area (Å²) in [5.74, 6) is -2.71. The second-order valence-corrected chi connectivity index (χ2v) is 7.29. The van der Waals surface area contributed by atoms with E-state index in [2.05, 4.69) is 15.6 Å². The molecule has 0 aliphatic carbocycles. The zero-order valence-corrected chi connectivity index (χ0v) is 16.9. The van der Waals surface area contributed by atoms with E-state index in [9.17, 15) is 22.8 Å². The summed E-state index contributed by atoms with van der Waals surface area (Å²) < 4.78 is 51.9. The minimum Gasteiger partial charge on any atom is -0.467 e. The fourth-order valence-corrected chi connectivity index (χ4v) is 3.60. The van der Waals surface area contributed by atoms with Crippen molar-refractivity contribution in [1.82, 2.24) is 15.2 Å². The highest BCUT2D eigenvalue weighted by molar-refractivity contribution is 5.93. The molecule has 3 aromatic rings. The average Bonchev–Trinajstić information content (AvgIpc) is 3.40. The molecule has 0 radical (unpaired) electrons. The lowest BCUT2D eigenvalue weighted by Crippen LogP contribution is -2.24. The van der Waals surface area contributed by atoms with Crippen molar-refractivity contribution >= 4 is 17.6 Å². The highest BCUT2D eigenvalue weighted by atomic mass is 19.2. The largest absolute Gasteiger partial charge is 0.467 e. The zero-order valence-electron chi connectivity index (χ0n) is 16.9. The van der Waals surface area contributed by atoms with E-state index in [-0.39, 0.29) is 11.6 Å². The minimum atomic E-state index is -1.35. The third-order valence-corrected chi connectivity index (χ3v) is 5.21. The number of carbonyl (C=O) groups is 2. The molecular weight excluding hydrogens is 441 g/mol. The number of fused-ring (bicyclic) bond motifs is 3. The lowest BCUT2D eigenvalue weighted by atomic mass is 10.1. The molecule has 2 atom stereocenters. The number of aromatic nitrogens is 1. The van der Waals surface area contributed by atoms with Crippen molar-refractivity contribution in [1.29, 1.82) is 0 Å². The fourth-order valence-electron chi connectivity index (χ4n) is 3.60. The third kappa shape index (κ3) is 3.67. The molecule has 5 rings (SSSR count). The predicted molar refractivity (Wildman–Crippen MR) is 108 cm³/mol. The molecule has 1 unspecified atom stereocenters. The molecule has 11 heteroatoms. The van der Waals surface area contributed by atoms with Gasteiger partial charge in [0.25, 0.3) is 5.91 Å². The molecule has 2 aromatic carbocycles. The van der Waals surface area contributed by atoms with Crippen molar-refractivity contribution in [2.24, 2.45) is 0 Å². The number of hydrogen-bond donors (Lipinski definition) is 2. The van der Waals surface area contributed by atoms with Crippen molar-refractivity contribution in [3.8, 4) is 17.2 Å². The van der Waals surface area contributed by atoms with Crippen molar-refractivity contribution < 1.29 is 32.2 Å². The Kier molecular flexibility index (Phi) is 4.81. The molecule has 2 aliphatic rings. The van der Waals surface area contributed by atoms with E-state index in [1.807, 2.05) is 0 Å². The smallest absolute Gasteiger partial charge is 0.325 e. The molecule has 0 bridgehead atoms. The Morgan fingerprint density at radius 2 is 1.79 bits per heavy atom. The number of urea groups is 1. The Morgan fingerprint density at radius 3 is 2.58 bits per heavy atom. The van der Waals surface area contributed by atoms with E-state index in [0.29, 0.717) is 34.9 Å².